The molecule has 1 fully saturated rings. The molecule has 0 unspecified atom stereocenters. The largest absolute Gasteiger partial charge is 0.550 e. The molecule has 1 amide bonds. The maximum absolute atomic E-state index is 12.4. The van der Waals surface area contributed by atoms with Gasteiger partial charge in [0.15, 0.2) is 0 Å². The predicted octanol–water partition coefficient (Wildman–Crippen LogP) is -0.545. The zero-order valence-electron chi connectivity index (χ0n) is 12.0. The number of thiocarbonyl (C=S) groups is 1. The Bertz CT molecular complexity index is 728. The van der Waals surface area contributed by atoms with Crippen LogP contribution in [0.5, 0.6) is 0 Å². The highest BCUT2D eigenvalue weighted by molar-refractivity contribution is 8.26. The Balaban J connectivity index is 2.34. The molecule has 0 saturated carbocycles. The molecule has 0 bridgehead atoms. The first kappa shape index (κ1) is 17.2. The highest BCUT2D eigenvalue weighted by Gasteiger charge is 2.37. The van der Waals surface area contributed by atoms with Crippen LogP contribution in [0.25, 0.3) is 6.08 Å². The van der Waals surface area contributed by atoms with E-state index >= 15 is 0 Å². The fourth-order valence-electron chi connectivity index (χ4n) is 2.08. The molecule has 0 radical (unpaired) electrons. The molecule has 8 heteroatoms. The Kier molecular flexibility index (Phi) is 5.17. The maximum Gasteiger partial charge on any atom is 0.266 e. The monoisotopic (exact) mass is 349 g/mol. The minimum Gasteiger partial charge on any atom is -0.550 e. The lowest BCUT2D eigenvalue weighted by atomic mass is 10.1. The van der Waals surface area contributed by atoms with E-state index in [0.717, 1.165) is 27.8 Å². The minimum absolute atomic E-state index is 0.0229. The minimum atomic E-state index is -1.69. The van der Waals surface area contributed by atoms with Gasteiger partial charge in [0.1, 0.15) is 4.32 Å². The molecule has 23 heavy (non-hydrogen) atoms. The smallest absolute Gasteiger partial charge is 0.266 e. The number of thioether (sulfide) groups is 1. The molecule has 1 aromatic carbocycles. The highest BCUT2D eigenvalue weighted by atomic mass is 32.2. The van der Waals surface area contributed by atoms with E-state index in [1.54, 1.807) is 18.2 Å². The van der Waals surface area contributed by atoms with Crippen LogP contribution in [0.4, 0.5) is 0 Å². The summed E-state index contributed by atoms with van der Waals surface area (Å²) in [6.07, 6.45) is 0.715. The van der Waals surface area contributed by atoms with Crippen LogP contribution in [0.3, 0.4) is 0 Å². The molecule has 1 atom stereocenters. The topological polar surface area (TPSA) is 101 Å². The number of hydrogen-bond donors (Lipinski definition) is 0. The van der Waals surface area contributed by atoms with Crippen molar-refractivity contribution in [3.63, 3.8) is 0 Å². The Hall–Kier alpha value is -2.19. The van der Waals surface area contributed by atoms with Gasteiger partial charge in [-0.15, -0.1) is 0 Å². The average molecular weight is 349 g/mol. The number of aliphatic carboxylic acids is 2. The summed E-state index contributed by atoms with van der Waals surface area (Å²) in [7, 11) is 0. The third-order valence-electron chi connectivity index (χ3n) is 3.24. The van der Waals surface area contributed by atoms with Crippen molar-refractivity contribution in [1.29, 1.82) is 0 Å². The second-order valence-electron chi connectivity index (χ2n) is 4.82. The van der Waals surface area contributed by atoms with Crippen LogP contribution in [-0.4, -0.2) is 33.1 Å². The number of benzene rings is 1. The molecule has 1 aliphatic rings. The third-order valence-corrected chi connectivity index (χ3v) is 4.57. The first-order valence-corrected chi connectivity index (χ1v) is 7.77. The lowest BCUT2D eigenvalue weighted by Crippen LogP contribution is -2.52. The summed E-state index contributed by atoms with van der Waals surface area (Å²) in [6, 6.07) is 5.64. The number of nitrogens with zero attached hydrogens (tertiary/aromatic N) is 1. The normalized spacial score (nSPS) is 17.6. The van der Waals surface area contributed by atoms with E-state index in [2.05, 4.69) is 0 Å². The van der Waals surface area contributed by atoms with Gasteiger partial charge in [0.05, 0.1) is 16.9 Å². The summed E-state index contributed by atoms with van der Waals surface area (Å²) in [4.78, 5) is 35.2. The van der Waals surface area contributed by atoms with Crippen LogP contribution < -0.4 is 10.2 Å². The van der Waals surface area contributed by atoms with Gasteiger partial charge in [-0.05, 0) is 24.1 Å². The van der Waals surface area contributed by atoms with Gasteiger partial charge < -0.3 is 19.8 Å². The quantitative estimate of drug-likeness (QED) is 0.519. The molecule has 1 aromatic rings. The van der Waals surface area contributed by atoms with Crippen molar-refractivity contribution in [3.8, 4) is 0 Å². The van der Waals surface area contributed by atoms with Crippen LogP contribution in [0, 0.1) is 6.92 Å². The zero-order valence-corrected chi connectivity index (χ0v) is 13.6. The molecule has 1 saturated heterocycles. The maximum atomic E-state index is 12.4. The SMILES string of the molecule is Cc1ccccc1/C=C1\SC(=S)N([C@@H](CC(=O)[O-])C(=O)[O-])C1=O. The van der Waals surface area contributed by atoms with Crippen LogP contribution >= 0.6 is 24.0 Å². The van der Waals surface area contributed by atoms with Gasteiger partial charge >= 0.3 is 0 Å². The molecule has 0 N–H and O–H groups in total. The molecular formula is C15H11NO5S2-2. The number of aryl methyl sites for hydroxylation is 1. The number of carbonyl (C=O) groups excluding carboxylic acids is 3. The van der Waals surface area contributed by atoms with Crippen LogP contribution in [0.1, 0.15) is 17.5 Å². The number of carboxylic acid groups (broad SMARTS) is 2. The molecule has 1 heterocycles. The van der Waals surface area contributed by atoms with Crippen LogP contribution in [0.15, 0.2) is 29.2 Å². The Labute approximate surface area is 141 Å². The van der Waals surface area contributed by atoms with E-state index in [4.69, 9.17) is 12.2 Å². The molecule has 2 rings (SSSR count). The molecule has 6 nitrogen and oxygen atoms in total. The van der Waals surface area contributed by atoms with Gasteiger partial charge in [-0.2, -0.15) is 0 Å². The summed E-state index contributed by atoms with van der Waals surface area (Å²) in [6.45, 7) is 1.87. The number of hydrogen-bond acceptors (Lipinski definition) is 7. The van der Waals surface area contributed by atoms with E-state index in [1.165, 1.54) is 0 Å². The first-order valence-electron chi connectivity index (χ1n) is 6.54. The number of carboxylic acids is 2. The molecule has 0 spiro atoms. The van der Waals surface area contributed by atoms with Gasteiger partial charge in [0.25, 0.3) is 5.91 Å². The molecule has 0 aromatic heterocycles. The second kappa shape index (κ2) is 6.93. The Morgan fingerprint density at radius 2 is 2.00 bits per heavy atom. The fraction of sp³-hybridized carbons (Fsp3) is 0.200. The summed E-state index contributed by atoms with van der Waals surface area (Å²) < 4.78 is -0.0229. The van der Waals surface area contributed by atoms with Crippen molar-refractivity contribution in [3.05, 3.63) is 40.3 Å². The van der Waals surface area contributed by atoms with Gasteiger partial charge in [0, 0.05) is 12.4 Å². The number of rotatable bonds is 5. The lowest BCUT2D eigenvalue weighted by molar-refractivity contribution is -0.319. The van der Waals surface area contributed by atoms with E-state index in [-0.39, 0.29) is 9.23 Å². The van der Waals surface area contributed by atoms with E-state index in [0.29, 0.717) is 0 Å². The molecule has 1 aliphatic heterocycles. The predicted molar refractivity (Wildman–Crippen MR) is 84.6 cm³/mol. The summed E-state index contributed by atoms with van der Waals surface area (Å²) in [5.41, 5.74) is 1.72. The number of carbonyl (C=O) groups is 3. The van der Waals surface area contributed by atoms with Crippen molar-refractivity contribution < 1.29 is 24.6 Å². The van der Waals surface area contributed by atoms with Crippen molar-refractivity contribution in [2.75, 3.05) is 0 Å². The van der Waals surface area contributed by atoms with Crippen molar-refractivity contribution in [2.45, 2.75) is 19.4 Å². The Morgan fingerprint density at radius 1 is 1.35 bits per heavy atom. The van der Waals surface area contributed by atoms with Crippen LogP contribution in [0.2, 0.25) is 0 Å². The van der Waals surface area contributed by atoms with E-state index in [1.807, 2.05) is 19.1 Å². The van der Waals surface area contributed by atoms with Gasteiger partial charge in [-0.1, -0.05) is 48.2 Å². The summed E-state index contributed by atoms with van der Waals surface area (Å²) in [5.74, 6) is -3.95. The standard InChI is InChI=1S/C15H13NO5S2/c1-8-4-2-3-5-9(8)6-11-13(19)16(15(22)23-11)10(14(20)21)7-12(17)18/h2-6,10H,7H2,1H3,(H,17,18)(H,20,21)/p-2/b11-6-/t10-/m0/s1. The van der Waals surface area contributed by atoms with Gasteiger partial charge in [0.2, 0.25) is 0 Å². The van der Waals surface area contributed by atoms with Gasteiger partial charge in [-0.25, -0.2) is 0 Å². The first-order chi connectivity index (χ1) is 10.8. The Morgan fingerprint density at radius 3 is 2.57 bits per heavy atom. The summed E-state index contributed by atoms with van der Waals surface area (Å²) >= 11 is 5.94. The number of amides is 1. The lowest BCUT2D eigenvalue weighted by Gasteiger charge is -2.27. The highest BCUT2D eigenvalue weighted by Crippen LogP contribution is 2.34. The van der Waals surface area contributed by atoms with Crippen molar-refractivity contribution >= 4 is 52.2 Å². The van der Waals surface area contributed by atoms with E-state index in [9.17, 15) is 24.6 Å². The van der Waals surface area contributed by atoms with E-state index < -0.39 is 30.3 Å². The zero-order chi connectivity index (χ0) is 17.1. The third kappa shape index (κ3) is 3.77. The average Bonchev–Trinajstić information content (AvgIpc) is 2.73. The summed E-state index contributed by atoms with van der Waals surface area (Å²) in [5, 5.41) is 21.8. The van der Waals surface area contributed by atoms with Crippen LogP contribution in [-0.2, 0) is 14.4 Å². The van der Waals surface area contributed by atoms with Crippen molar-refractivity contribution in [2.24, 2.45) is 0 Å². The van der Waals surface area contributed by atoms with Crippen molar-refractivity contribution in [1.82, 2.24) is 4.90 Å². The molecular weight excluding hydrogens is 338 g/mol. The van der Waals surface area contributed by atoms with Gasteiger partial charge in [-0.3, -0.25) is 9.69 Å². The molecule has 120 valence electrons. The molecule has 0 aliphatic carbocycles. The second-order valence-corrected chi connectivity index (χ2v) is 6.50. The fourth-order valence-corrected chi connectivity index (χ4v) is 3.42.